The summed E-state index contributed by atoms with van der Waals surface area (Å²) in [5, 5.41) is 10.5. The van der Waals surface area contributed by atoms with Gasteiger partial charge in [-0.25, -0.2) is 4.79 Å². The predicted octanol–water partition coefficient (Wildman–Crippen LogP) is 1.67. The third-order valence-electron chi connectivity index (χ3n) is 1.46. The average molecular weight is 323 g/mol. The monoisotopic (exact) mass is 323 g/mol. The fourth-order valence-corrected chi connectivity index (χ4v) is 1.27. The zero-order chi connectivity index (χ0) is 11.4. The predicted molar refractivity (Wildman–Crippen MR) is 58.4 cm³/mol. The van der Waals surface area contributed by atoms with Gasteiger partial charge in [0.1, 0.15) is 5.76 Å². The van der Waals surface area contributed by atoms with Gasteiger partial charge in [0.2, 0.25) is 0 Å². The first-order chi connectivity index (χ1) is 7.04. The van der Waals surface area contributed by atoms with Gasteiger partial charge in [-0.15, -0.1) is 0 Å². The van der Waals surface area contributed by atoms with E-state index < -0.39 is 16.6 Å². The lowest BCUT2D eigenvalue weighted by atomic mass is 10.3. The maximum atomic E-state index is 11.0. The van der Waals surface area contributed by atoms with Crippen molar-refractivity contribution in [3.05, 3.63) is 37.5 Å². The first-order valence-corrected chi connectivity index (χ1v) is 4.82. The van der Waals surface area contributed by atoms with Gasteiger partial charge in [-0.05, 0) is 34.7 Å². The van der Waals surface area contributed by atoms with E-state index in [4.69, 9.17) is 4.42 Å². The van der Waals surface area contributed by atoms with E-state index in [0.717, 1.165) is 13.2 Å². The molecule has 1 aromatic rings. The second kappa shape index (κ2) is 4.91. The number of nitrogens with zero attached hydrogens (tertiary/aromatic N) is 1. The van der Waals surface area contributed by atoms with E-state index in [9.17, 15) is 14.9 Å². The maximum Gasteiger partial charge on any atom is 0.409 e. The van der Waals surface area contributed by atoms with Crippen LogP contribution < -0.4 is 0 Å². The molecule has 0 bridgehead atoms. The van der Waals surface area contributed by atoms with Crippen LogP contribution in [0.5, 0.6) is 0 Å². The molecule has 1 aromatic heterocycles. The molecule has 0 aliphatic carbocycles. The van der Waals surface area contributed by atoms with Crippen molar-refractivity contribution in [3.63, 3.8) is 0 Å². The lowest BCUT2D eigenvalue weighted by Crippen LogP contribution is -2.12. The van der Waals surface area contributed by atoms with Crippen molar-refractivity contribution in [1.82, 2.24) is 0 Å². The minimum Gasteiger partial charge on any atom is -0.461 e. The van der Waals surface area contributed by atoms with Gasteiger partial charge in [0.05, 0.1) is 18.1 Å². The Labute approximate surface area is 98.2 Å². The smallest absolute Gasteiger partial charge is 0.409 e. The van der Waals surface area contributed by atoms with Crippen molar-refractivity contribution in [1.29, 1.82) is 0 Å². The first kappa shape index (κ1) is 11.7. The van der Waals surface area contributed by atoms with E-state index in [1.165, 1.54) is 6.07 Å². The molecule has 0 amide bonds. The molecule has 0 aliphatic rings. The number of nitro groups is 1. The largest absolute Gasteiger partial charge is 0.461 e. The summed E-state index contributed by atoms with van der Waals surface area (Å²) in [7, 11) is 1.07. The molecule has 1 rings (SSSR count). The van der Waals surface area contributed by atoms with Gasteiger partial charge >= 0.3 is 11.7 Å². The quantitative estimate of drug-likeness (QED) is 0.278. The van der Waals surface area contributed by atoms with Crippen molar-refractivity contribution < 1.29 is 18.9 Å². The summed E-state index contributed by atoms with van der Waals surface area (Å²) < 4.78 is 9.89. The second-order valence-electron chi connectivity index (χ2n) is 2.42. The Kier molecular flexibility index (Phi) is 3.83. The molecule has 7 heteroatoms. The summed E-state index contributed by atoms with van der Waals surface area (Å²) in [6.45, 7) is 0. The van der Waals surface area contributed by atoms with Crippen LogP contribution in [0.3, 0.4) is 0 Å². The lowest BCUT2D eigenvalue weighted by molar-refractivity contribution is -0.419. The topological polar surface area (TPSA) is 82.6 Å². The Morgan fingerprint density at radius 1 is 1.67 bits per heavy atom. The Morgan fingerprint density at radius 2 is 2.33 bits per heavy atom. The van der Waals surface area contributed by atoms with Gasteiger partial charge in [-0.2, -0.15) is 0 Å². The molecule has 1 heterocycles. The van der Waals surface area contributed by atoms with Crippen LogP contribution in [-0.4, -0.2) is 18.0 Å². The molecule has 0 N–H and O–H groups in total. The third kappa shape index (κ3) is 3.05. The van der Waals surface area contributed by atoms with E-state index in [-0.39, 0.29) is 5.76 Å². The molecular formula is C8H6INO5. The second-order valence-corrected chi connectivity index (χ2v) is 3.48. The maximum absolute atomic E-state index is 11.0. The molecule has 0 radical (unpaired) electrons. The number of carbonyl (C=O) groups excluding carboxylic acids is 1. The SMILES string of the molecule is COC(=O)/C(=C/c1ccc(I)o1)[N+](=O)[O-]. The van der Waals surface area contributed by atoms with E-state index in [1.807, 2.05) is 22.6 Å². The Hall–Kier alpha value is -1.38. The summed E-state index contributed by atoms with van der Waals surface area (Å²) in [6, 6.07) is 3.15. The number of esters is 1. The summed E-state index contributed by atoms with van der Waals surface area (Å²) in [5.41, 5.74) is -0.664. The van der Waals surface area contributed by atoms with Crippen LogP contribution >= 0.6 is 22.6 Å². The van der Waals surface area contributed by atoms with Gasteiger partial charge in [-0.1, -0.05) is 0 Å². The normalized spacial score (nSPS) is 11.2. The Bertz CT molecular complexity index is 422. The zero-order valence-electron chi connectivity index (χ0n) is 7.60. The van der Waals surface area contributed by atoms with Gasteiger partial charge in [0.15, 0.2) is 3.77 Å². The van der Waals surface area contributed by atoms with E-state index in [0.29, 0.717) is 3.77 Å². The van der Waals surface area contributed by atoms with E-state index in [1.54, 1.807) is 6.07 Å². The number of methoxy groups -OCH3 is 1. The first-order valence-electron chi connectivity index (χ1n) is 3.74. The fraction of sp³-hybridized carbons (Fsp3) is 0.125. The van der Waals surface area contributed by atoms with Crippen LogP contribution in [0.2, 0.25) is 0 Å². The summed E-state index contributed by atoms with van der Waals surface area (Å²) in [6.07, 6.45) is 1.02. The van der Waals surface area contributed by atoms with Gasteiger partial charge < -0.3 is 9.15 Å². The fourth-order valence-electron chi connectivity index (χ4n) is 0.831. The van der Waals surface area contributed by atoms with E-state index in [2.05, 4.69) is 4.74 Å². The number of carbonyl (C=O) groups is 1. The average Bonchev–Trinajstić information content (AvgIpc) is 2.59. The third-order valence-corrected chi connectivity index (χ3v) is 2.04. The molecule has 0 fully saturated rings. The zero-order valence-corrected chi connectivity index (χ0v) is 9.76. The summed E-state index contributed by atoms with van der Waals surface area (Å²) in [4.78, 5) is 20.7. The standard InChI is InChI=1S/C8H6INO5/c1-14-8(11)6(10(12)13)4-5-2-3-7(9)15-5/h2-4H,1H3/b6-4-. The van der Waals surface area contributed by atoms with Crippen LogP contribution in [-0.2, 0) is 9.53 Å². The Balaban J connectivity index is 3.04. The number of rotatable bonds is 3. The van der Waals surface area contributed by atoms with Crippen LogP contribution in [0.4, 0.5) is 0 Å². The van der Waals surface area contributed by atoms with Crippen LogP contribution in [0.1, 0.15) is 5.76 Å². The number of halogens is 1. The molecule has 0 saturated carbocycles. The molecule has 0 unspecified atom stereocenters. The van der Waals surface area contributed by atoms with Gasteiger partial charge in [0.25, 0.3) is 0 Å². The molecule has 0 spiro atoms. The number of hydrogen-bond acceptors (Lipinski definition) is 5. The molecule has 0 atom stereocenters. The lowest BCUT2D eigenvalue weighted by Gasteiger charge is -1.94. The highest BCUT2D eigenvalue weighted by molar-refractivity contribution is 14.1. The summed E-state index contributed by atoms with van der Waals surface area (Å²) >= 11 is 1.91. The molecule has 0 aliphatic heterocycles. The van der Waals surface area contributed by atoms with Crippen molar-refractivity contribution in [2.24, 2.45) is 0 Å². The minimum atomic E-state index is -1.01. The number of ether oxygens (including phenoxy) is 1. The number of furan rings is 1. The molecule has 80 valence electrons. The molecular weight excluding hydrogens is 317 g/mol. The van der Waals surface area contributed by atoms with Crippen LogP contribution in [0.25, 0.3) is 6.08 Å². The van der Waals surface area contributed by atoms with Gasteiger partial charge in [0, 0.05) is 0 Å². The highest BCUT2D eigenvalue weighted by Gasteiger charge is 2.23. The Morgan fingerprint density at radius 3 is 2.73 bits per heavy atom. The van der Waals surface area contributed by atoms with Crippen LogP contribution in [0.15, 0.2) is 22.2 Å². The summed E-state index contributed by atoms with van der Waals surface area (Å²) in [5.74, 6) is -0.775. The van der Waals surface area contributed by atoms with Crippen LogP contribution in [0, 0.1) is 13.9 Å². The van der Waals surface area contributed by atoms with Crippen molar-refractivity contribution >= 4 is 34.6 Å². The van der Waals surface area contributed by atoms with Crippen molar-refractivity contribution in [2.45, 2.75) is 0 Å². The molecule has 15 heavy (non-hydrogen) atoms. The highest BCUT2D eigenvalue weighted by atomic mass is 127. The van der Waals surface area contributed by atoms with Crippen molar-refractivity contribution in [3.8, 4) is 0 Å². The van der Waals surface area contributed by atoms with E-state index >= 15 is 0 Å². The molecule has 0 saturated heterocycles. The van der Waals surface area contributed by atoms with Crippen molar-refractivity contribution in [2.75, 3.05) is 7.11 Å². The van der Waals surface area contributed by atoms with Gasteiger partial charge in [-0.3, -0.25) is 10.1 Å². The minimum absolute atomic E-state index is 0.233. The highest BCUT2D eigenvalue weighted by Crippen LogP contribution is 2.14. The number of hydrogen-bond donors (Lipinski definition) is 0. The molecule has 6 nitrogen and oxygen atoms in total. The molecule has 0 aromatic carbocycles.